The van der Waals surface area contributed by atoms with Crippen molar-refractivity contribution in [1.29, 1.82) is 0 Å². The lowest BCUT2D eigenvalue weighted by atomic mass is 10.2. The van der Waals surface area contributed by atoms with Gasteiger partial charge in [0.05, 0.1) is 17.4 Å². The Bertz CT molecular complexity index is 379. The molecule has 1 aromatic heterocycles. The van der Waals surface area contributed by atoms with E-state index in [0.717, 1.165) is 12.8 Å². The molecular formula is C11H16N2O3. The molecule has 88 valence electrons. The number of aromatic carboxylic acids is 1. The molecule has 0 bridgehead atoms. The Hall–Kier alpha value is -1.78. The van der Waals surface area contributed by atoms with Gasteiger partial charge in [-0.1, -0.05) is 13.3 Å². The standard InChI is InChI=1S/C11H16N2O3/c1-3-4-7(2)16-10-9(12)5-8(6-13-10)11(14)15/h5-7H,3-4,12H2,1-2H3,(H,14,15). The lowest BCUT2D eigenvalue weighted by molar-refractivity contribution is 0.0696. The summed E-state index contributed by atoms with van der Waals surface area (Å²) in [5, 5.41) is 8.73. The first-order valence-electron chi connectivity index (χ1n) is 5.20. The minimum Gasteiger partial charge on any atom is -0.478 e. The molecule has 0 aliphatic carbocycles. The van der Waals surface area contributed by atoms with E-state index in [1.54, 1.807) is 0 Å². The Morgan fingerprint density at radius 1 is 1.69 bits per heavy atom. The summed E-state index contributed by atoms with van der Waals surface area (Å²) in [6.45, 7) is 3.99. The van der Waals surface area contributed by atoms with Crippen LogP contribution in [0.1, 0.15) is 37.0 Å². The largest absolute Gasteiger partial charge is 0.478 e. The molecule has 0 aliphatic rings. The molecule has 5 heteroatoms. The van der Waals surface area contributed by atoms with E-state index in [-0.39, 0.29) is 17.4 Å². The van der Waals surface area contributed by atoms with Gasteiger partial charge in [-0.2, -0.15) is 0 Å². The van der Waals surface area contributed by atoms with E-state index >= 15 is 0 Å². The number of nitrogen functional groups attached to an aromatic ring is 1. The molecule has 1 heterocycles. The number of nitrogens with two attached hydrogens (primary N) is 1. The molecule has 1 unspecified atom stereocenters. The first-order valence-corrected chi connectivity index (χ1v) is 5.20. The number of carboxylic acids is 1. The second kappa shape index (κ2) is 5.34. The third-order valence-corrected chi connectivity index (χ3v) is 2.13. The van der Waals surface area contributed by atoms with Gasteiger partial charge in [0, 0.05) is 6.20 Å². The fourth-order valence-electron chi connectivity index (χ4n) is 1.34. The van der Waals surface area contributed by atoms with Crippen molar-refractivity contribution in [3.8, 4) is 5.88 Å². The van der Waals surface area contributed by atoms with Gasteiger partial charge < -0.3 is 15.6 Å². The van der Waals surface area contributed by atoms with Gasteiger partial charge in [0.1, 0.15) is 0 Å². The summed E-state index contributed by atoms with van der Waals surface area (Å²) >= 11 is 0. The van der Waals surface area contributed by atoms with E-state index in [0.29, 0.717) is 5.88 Å². The number of anilines is 1. The number of nitrogens with zero attached hydrogens (tertiary/aromatic N) is 1. The van der Waals surface area contributed by atoms with E-state index in [1.165, 1.54) is 12.3 Å². The molecule has 0 saturated heterocycles. The van der Waals surface area contributed by atoms with Crippen LogP contribution in [0, 0.1) is 0 Å². The molecule has 1 atom stereocenters. The molecule has 0 saturated carbocycles. The minimum absolute atomic E-state index is 0.0236. The van der Waals surface area contributed by atoms with Gasteiger partial charge in [-0.15, -0.1) is 0 Å². The van der Waals surface area contributed by atoms with Crippen molar-refractivity contribution < 1.29 is 14.6 Å². The zero-order valence-electron chi connectivity index (χ0n) is 9.43. The van der Waals surface area contributed by atoms with E-state index in [2.05, 4.69) is 11.9 Å². The van der Waals surface area contributed by atoms with E-state index in [1.807, 2.05) is 6.92 Å². The third kappa shape index (κ3) is 3.12. The summed E-state index contributed by atoms with van der Waals surface area (Å²) in [6.07, 6.45) is 3.18. The Kier molecular flexibility index (Phi) is 4.10. The van der Waals surface area contributed by atoms with Crippen molar-refractivity contribution >= 4 is 11.7 Å². The summed E-state index contributed by atoms with van der Waals surface area (Å²) < 4.78 is 5.49. The zero-order valence-corrected chi connectivity index (χ0v) is 9.43. The van der Waals surface area contributed by atoms with Crippen LogP contribution in [0.25, 0.3) is 0 Å². The van der Waals surface area contributed by atoms with E-state index < -0.39 is 5.97 Å². The second-order valence-electron chi connectivity index (χ2n) is 3.64. The van der Waals surface area contributed by atoms with Gasteiger partial charge in [-0.3, -0.25) is 0 Å². The summed E-state index contributed by atoms with van der Waals surface area (Å²) in [4.78, 5) is 14.5. The van der Waals surface area contributed by atoms with Crippen molar-refractivity contribution in [3.63, 3.8) is 0 Å². The van der Waals surface area contributed by atoms with Crippen LogP contribution in [0.15, 0.2) is 12.3 Å². The normalized spacial score (nSPS) is 12.1. The highest BCUT2D eigenvalue weighted by atomic mass is 16.5. The SMILES string of the molecule is CCCC(C)Oc1ncc(C(=O)O)cc1N. The Morgan fingerprint density at radius 2 is 2.38 bits per heavy atom. The highest BCUT2D eigenvalue weighted by Gasteiger charge is 2.11. The predicted molar refractivity (Wildman–Crippen MR) is 60.6 cm³/mol. The van der Waals surface area contributed by atoms with E-state index in [4.69, 9.17) is 15.6 Å². The molecule has 3 N–H and O–H groups in total. The average Bonchev–Trinajstić information content (AvgIpc) is 2.21. The molecule has 0 aromatic carbocycles. The van der Waals surface area contributed by atoms with Crippen LogP contribution in [0.3, 0.4) is 0 Å². The van der Waals surface area contributed by atoms with Crippen molar-refractivity contribution in [2.75, 3.05) is 5.73 Å². The molecule has 0 aliphatic heterocycles. The maximum Gasteiger partial charge on any atom is 0.337 e. The summed E-state index contributed by atoms with van der Waals surface area (Å²) in [6, 6.07) is 1.35. The molecule has 0 amide bonds. The van der Waals surface area contributed by atoms with Crippen LogP contribution in [-0.2, 0) is 0 Å². The molecule has 0 radical (unpaired) electrons. The van der Waals surface area contributed by atoms with Gasteiger partial charge in [0.25, 0.3) is 0 Å². The molecule has 0 fully saturated rings. The fourth-order valence-corrected chi connectivity index (χ4v) is 1.34. The third-order valence-electron chi connectivity index (χ3n) is 2.13. The molecule has 16 heavy (non-hydrogen) atoms. The maximum atomic E-state index is 10.7. The monoisotopic (exact) mass is 224 g/mol. The van der Waals surface area contributed by atoms with Crippen molar-refractivity contribution in [3.05, 3.63) is 17.8 Å². The highest BCUT2D eigenvalue weighted by molar-refractivity contribution is 5.88. The molecule has 1 aromatic rings. The van der Waals surface area contributed by atoms with Crippen molar-refractivity contribution in [1.82, 2.24) is 4.98 Å². The van der Waals surface area contributed by atoms with Gasteiger partial charge in [-0.05, 0) is 19.4 Å². The van der Waals surface area contributed by atoms with Crippen LogP contribution in [0.5, 0.6) is 5.88 Å². The Labute approximate surface area is 94.2 Å². The first kappa shape index (κ1) is 12.3. The van der Waals surface area contributed by atoms with Gasteiger partial charge in [0.15, 0.2) is 0 Å². The molecule has 0 spiro atoms. The minimum atomic E-state index is -1.05. The number of carboxylic acid groups (broad SMARTS) is 1. The smallest absolute Gasteiger partial charge is 0.337 e. The van der Waals surface area contributed by atoms with Gasteiger partial charge >= 0.3 is 5.97 Å². The maximum absolute atomic E-state index is 10.7. The van der Waals surface area contributed by atoms with Crippen LogP contribution < -0.4 is 10.5 Å². The summed E-state index contributed by atoms with van der Waals surface area (Å²) in [7, 11) is 0. The number of hydrogen-bond donors (Lipinski definition) is 2. The number of pyridine rings is 1. The van der Waals surface area contributed by atoms with Crippen LogP contribution >= 0.6 is 0 Å². The molecule has 5 nitrogen and oxygen atoms in total. The summed E-state index contributed by atoms with van der Waals surface area (Å²) in [5.41, 5.74) is 5.97. The average molecular weight is 224 g/mol. The quantitative estimate of drug-likeness (QED) is 0.798. The molecular weight excluding hydrogens is 208 g/mol. The van der Waals surface area contributed by atoms with Crippen LogP contribution in [0.4, 0.5) is 5.69 Å². The van der Waals surface area contributed by atoms with Gasteiger partial charge in [0.2, 0.25) is 5.88 Å². The number of aromatic nitrogens is 1. The van der Waals surface area contributed by atoms with Crippen LogP contribution in [0.2, 0.25) is 0 Å². The predicted octanol–water partition coefficient (Wildman–Crippen LogP) is 1.93. The topological polar surface area (TPSA) is 85.4 Å². The van der Waals surface area contributed by atoms with Crippen molar-refractivity contribution in [2.45, 2.75) is 32.8 Å². The zero-order chi connectivity index (χ0) is 12.1. The number of rotatable bonds is 5. The fraction of sp³-hybridized carbons (Fsp3) is 0.455. The number of ether oxygens (including phenoxy) is 1. The lowest BCUT2D eigenvalue weighted by Gasteiger charge is -2.14. The first-order chi connectivity index (χ1) is 7.54. The number of carbonyl (C=O) groups is 1. The van der Waals surface area contributed by atoms with Gasteiger partial charge in [-0.25, -0.2) is 9.78 Å². The lowest BCUT2D eigenvalue weighted by Crippen LogP contribution is -2.13. The second-order valence-corrected chi connectivity index (χ2v) is 3.64. The van der Waals surface area contributed by atoms with E-state index in [9.17, 15) is 4.79 Å². The van der Waals surface area contributed by atoms with Crippen molar-refractivity contribution in [2.24, 2.45) is 0 Å². The highest BCUT2D eigenvalue weighted by Crippen LogP contribution is 2.21. The Morgan fingerprint density at radius 3 is 2.88 bits per heavy atom. The number of hydrogen-bond acceptors (Lipinski definition) is 4. The Balaban J connectivity index is 2.79. The molecule has 1 rings (SSSR count). The van der Waals surface area contributed by atoms with Crippen LogP contribution in [-0.4, -0.2) is 22.2 Å². The summed E-state index contributed by atoms with van der Waals surface area (Å²) in [5.74, 6) is -0.752.